The van der Waals surface area contributed by atoms with Crippen molar-refractivity contribution in [1.29, 1.82) is 0 Å². The highest BCUT2D eigenvalue weighted by atomic mass is 35.5. The number of carbonyl (C=O) groups is 1. The van der Waals surface area contributed by atoms with E-state index in [9.17, 15) is 23.1 Å². The fourth-order valence-corrected chi connectivity index (χ4v) is 2.76. The van der Waals surface area contributed by atoms with Crippen LogP contribution in [0, 0.1) is 0 Å². The molecule has 0 aliphatic carbocycles. The molecule has 30 heavy (non-hydrogen) atoms. The summed E-state index contributed by atoms with van der Waals surface area (Å²) in [7, 11) is 0. The van der Waals surface area contributed by atoms with Gasteiger partial charge in [-0.05, 0) is 42.0 Å². The van der Waals surface area contributed by atoms with Gasteiger partial charge >= 0.3 is 6.18 Å². The first kappa shape index (κ1) is 21.8. The van der Waals surface area contributed by atoms with Crippen LogP contribution in [0.5, 0.6) is 0 Å². The Morgan fingerprint density at radius 1 is 1.17 bits per heavy atom. The number of hydrogen-bond donors (Lipinski definition) is 3. The summed E-state index contributed by atoms with van der Waals surface area (Å²) in [6, 6.07) is 8.73. The number of amides is 1. The molecule has 0 unspecified atom stereocenters. The number of aromatic nitrogens is 2. The van der Waals surface area contributed by atoms with Crippen molar-refractivity contribution in [3.8, 4) is 11.5 Å². The van der Waals surface area contributed by atoms with Crippen LogP contribution >= 0.6 is 11.6 Å². The number of halogens is 4. The van der Waals surface area contributed by atoms with Crippen LogP contribution in [0.3, 0.4) is 0 Å². The lowest BCUT2D eigenvalue weighted by Gasteiger charge is -2.09. The predicted octanol–water partition coefficient (Wildman–Crippen LogP) is 3.62. The van der Waals surface area contributed by atoms with Gasteiger partial charge in [0.05, 0.1) is 18.6 Å². The first-order chi connectivity index (χ1) is 14.2. The van der Waals surface area contributed by atoms with Gasteiger partial charge in [-0.1, -0.05) is 17.7 Å². The summed E-state index contributed by atoms with van der Waals surface area (Å²) in [6.45, 7) is -0.574. The highest BCUT2D eigenvalue weighted by molar-refractivity contribution is 6.31. The van der Waals surface area contributed by atoms with Gasteiger partial charge in [-0.2, -0.15) is 13.2 Å². The lowest BCUT2D eigenvalue weighted by atomic mass is 10.1. The molecule has 2 aromatic carbocycles. The minimum absolute atomic E-state index is 0.0696. The summed E-state index contributed by atoms with van der Waals surface area (Å²) in [5.41, 5.74) is 0.326. The van der Waals surface area contributed by atoms with Gasteiger partial charge in [0.2, 0.25) is 17.7 Å². The van der Waals surface area contributed by atoms with E-state index in [-0.39, 0.29) is 28.9 Å². The van der Waals surface area contributed by atoms with Gasteiger partial charge in [-0.15, -0.1) is 10.2 Å². The second kappa shape index (κ2) is 8.82. The van der Waals surface area contributed by atoms with E-state index in [1.165, 1.54) is 18.2 Å². The third kappa shape index (κ3) is 5.15. The molecule has 0 radical (unpaired) electrons. The number of rotatable bonds is 6. The molecule has 158 valence electrons. The van der Waals surface area contributed by atoms with Crippen LogP contribution in [-0.4, -0.2) is 32.9 Å². The first-order valence-corrected chi connectivity index (χ1v) is 8.93. The van der Waals surface area contributed by atoms with Crippen LogP contribution in [0.25, 0.3) is 11.5 Å². The summed E-state index contributed by atoms with van der Waals surface area (Å²) < 4.78 is 43.0. The maximum absolute atomic E-state index is 12.6. The number of benzene rings is 2. The third-order valence-corrected chi connectivity index (χ3v) is 4.40. The fraction of sp³-hybridized carbons (Fsp3) is 0.211. The van der Waals surface area contributed by atoms with Crippen LogP contribution in [0.2, 0.25) is 5.02 Å². The van der Waals surface area contributed by atoms with E-state index >= 15 is 0 Å². The van der Waals surface area contributed by atoms with E-state index < -0.39 is 30.4 Å². The molecule has 11 heteroatoms. The lowest BCUT2D eigenvalue weighted by Crippen LogP contribution is -2.15. The number of anilines is 1. The summed E-state index contributed by atoms with van der Waals surface area (Å²) in [5.74, 6) is -0.542. The maximum atomic E-state index is 12.6. The van der Waals surface area contributed by atoms with Crippen molar-refractivity contribution in [2.75, 3.05) is 11.9 Å². The van der Waals surface area contributed by atoms with Crippen LogP contribution in [-0.2, 0) is 17.4 Å². The van der Waals surface area contributed by atoms with Crippen LogP contribution < -0.4 is 5.32 Å². The molecule has 3 rings (SSSR count). The smallest absolute Gasteiger partial charge is 0.416 e. The lowest BCUT2D eigenvalue weighted by molar-refractivity contribution is -0.137. The summed E-state index contributed by atoms with van der Waals surface area (Å²) >= 11 is 6.21. The number of aliphatic hydroxyl groups excluding tert-OH is 2. The Bertz CT molecular complexity index is 1040. The highest BCUT2D eigenvalue weighted by Gasteiger charge is 2.30. The van der Waals surface area contributed by atoms with Crippen molar-refractivity contribution in [3.63, 3.8) is 0 Å². The molecule has 0 saturated carbocycles. The van der Waals surface area contributed by atoms with E-state index in [4.69, 9.17) is 21.1 Å². The van der Waals surface area contributed by atoms with E-state index in [1.807, 2.05) is 0 Å². The number of hydrogen-bond acceptors (Lipinski definition) is 6. The molecule has 0 saturated heterocycles. The molecule has 3 aromatic rings. The van der Waals surface area contributed by atoms with Crippen molar-refractivity contribution in [2.24, 2.45) is 0 Å². The number of nitrogens with one attached hydrogen (secondary N) is 1. The van der Waals surface area contributed by atoms with Gasteiger partial charge in [0.1, 0.15) is 0 Å². The molecule has 1 atom stereocenters. The van der Waals surface area contributed by atoms with Crippen molar-refractivity contribution < 1.29 is 32.6 Å². The molecule has 0 aliphatic heterocycles. The fourth-order valence-electron chi connectivity index (χ4n) is 2.51. The molecule has 1 amide bonds. The first-order valence-electron chi connectivity index (χ1n) is 8.55. The average molecular weight is 442 g/mol. The zero-order valence-corrected chi connectivity index (χ0v) is 15.9. The molecule has 0 bridgehead atoms. The van der Waals surface area contributed by atoms with E-state index in [0.717, 1.165) is 12.1 Å². The van der Waals surface area contributed by atoms with E-state index in [0.29, 0.717) is 11.1 Å². The Balaban J connectivity index is 1.67. The Labute approximate surface area is 173 Å². The predicted molar refractivity (Wildman–Crippen MR) is 101 cm³/mol. The largest absolute Gasteiger partial charge is 0.418 e. The quantitative estimate of drug-likeness (QED) is 0.539. The number of alkyl halides is 3. The average Bonchev–Trinajstić information content (AvgIpc) is 3.19. The van der Waals surface area contributed by atoms with Crippen molar-refractivity contribution in [3.05, 3.63) is 64.5 Å². The number of carbonyl (C=O) groups excluding carboxylic acids is 1. The summed E-state index contributed by atoms with van der Waals surface area (Å²) in [5, 5.41) is 28.5. The normalized spacial score (nSPS) is 12.6. The number of nitrogens with zero attached hydrogens (tertiary/aromatic N) is 2. The Kier molecular flexibility index (Phi) is 6.40. The number of aliphatic hydroxyl groups is 2. The second-order valence-electron chi connectivity index (χ2n) is 6.25. The Morgan fingerprint density at radius 2 is 1.87 bits per heavy atom. The molecular formula is C19H15ClF3N3O4. The van der Waals surface area contributed by atoms with Crippen LogP contribution in [0.4, 0.5) is 18.9 Å². The zero-order chi connectivity index (χ0) is 21.9. The summed E-state index contributed by atoms with van der Waals surface area (Å²) in [4.78, 5) is 12.2. The van der Waals surface area contributed by atoms with Crippen molar-refractivity contribution in [2.45, 2.75) is 18.7 Å². The van der Waals surface area contributed by atoms with Gasteiger partial charge in [0.15, 0.2) is 6.10 Å². The topological polar surface area (TPSA) is 108 Å². The van der Waals surface area contributed by atoms with E-state index in [1.54, 1.807) is 12.1 Å². The van der Waals surface area contributed by atoms with Gasteiger partial charge < -0.3 is 19.9 Å². The zero-order valence-electron chi connectivity index (χ0n) is 15.2. The highest BCUT2D eigenvalue weighted by Crippen LogP contribution is 2.30. The minimum atomic E-state index is -4.45. The molecular weight excluding hydrogens is 427 g/mol. The standard InChI is InChI=1S/C19H15ClF3N3O4/c20-14-7-11(17-25-26-18(30-17)15(28)9-27)2-1-10(14)8-16(29)24-13-5-3-12(4-6-13)19(21,22)23/h1-7,15,27-28H,8-9H2,(H,24,29)/t15-/m1/s1. The van der Waals surface area contributed by atoms with Gasteiger partial charge in [0.25, 0.3) is 0 Å². The molecule has 3 N–H and O–H groups in total. The minimum Gasteiger partial charge on any atom is -0.418 e. The Morgan fingerprint density at radius 3 is 2.47 bits per heavy atom. The molecule has 7 nitrogen and oxygen atoms in total. The van der Waals surface area contributed by atoms with Crippen LogP contribution in [0.15, 0.2) is 46.9 Å². The SMILES string of the molecule is O=C(Cc1ccc(-c2nnc([C@H](O)CO)o2)cc1Cl)Nc1ccc(C(F)(F)F)cc1. The monoisotopic (exact) mass is 441 g/mol. The third-order valence-electron chi connectivity index (χ3n) is 4.05. The molecule has 0 aliphatic rings. The van der Waals surface area contributed by atoms with Gasteiger partial charge in [0, 0.05) is 16.3 Å². The molecule has 1 aromatic heterocycles. The van der Waals surface area contributed by atoms with Crippen molar-refractivity contribution in [1.82, 2.24) is 10.2 Å². The van der Waals surface area contributed by atoms with Crippen molar-refractivity contribution >= 4 is 23.2 Å². The van der Waals surface area contributed by atoms with Gasteiger partial charge in [-0.25, -0.2) is 0 Å². The van der Waals surface area contributed by atoms with E-state index in [2.05, 4.69) is 15.5 Å². The molecule has 0 spiro atoms. The Hall–Kier alpha value is -2.95. The molecule has 0 fully saturated rings. The summed E-state index contributed by atoms with van der Waals surface area (Å²) in [6.07, 6.45) is -5.86. The van der Waals surface area contributed by atoms with Crippen LogP contribution in [0.1, 0.15) is 23.1 Å². The second-order valence-corrected chi connectivity index (χ2v) is 6.66. The maximum Gasteiger partial charge on any atom is 0.416 e. The molecule has 1 heterocycles. The van der Waals surface area contributed by atoms with Gasteiger partial charge in [-0.3, -0.25) is 4.79 Å².